The van der Waals surface area contributed by atoms with Crippen molar-refractivity contribution >= 4 is 0 Å². The van der Waals surface area contributed by atoms with Crippen molar-refractivity contribution in [2.75, 3.05) is 0 Å². The minimum atomic E-state index is 0.869. The van der Waals surface area contributed by atoms with E-state index < -0.39 is 0 Å². The molecule has 0 aliphatic heterocycles. The summed E-state index contributed by atoms with van der Waals surface area (Å²) in [6, 6.07) is 0. The Morgan fingerprint density at radius 2 is 1.12 bits per heavy atom. The first-order valence-electron chi connectivity index (χ1n) is 7.47. The largest absolute Gasteiger partial charge is 0.0654 e. The van der Waals surface area contributed by atoms with Crippen molar-refractivity contribution < 1.29 is 0 Å². The summed E-state index contributed by atoms with van der Waals surface area (Å²) in [5.74, 6) is 3.63. The highest BCUT2D eigenvalue weighted by molar-refractivity contribution is 4.65. The molecule has 0 heteroatoms. The quantitative estimate of drug-likeness (QED) is 0.458. The molecule has 0 aromatic rings. The number of rotatable bonds is 9. The minimum Gasteiger partial charge on any atom is -0.0654 e. The van der Waals surface area contributed by atoms with Crippen LogP contribution in [0.3, 0.4) is 0 Å². The van der Waals surface area contributed by atoms with E-state index in [1.54, 1.807) is 0 Å². The third kappa shape index (κ3) is 8.19. The Balaban J connectivity index is 3.65. The Morgan fingerprint density at radius 1 is 0.625 bits per heavy atom. The summed E-state index contributed by atoms with van der Waals surface area (Å²) in [5.41, 5.74) is 0. The fraction of sp³-hybridized carbons (Fsp3) is 1.00. The van der Waals surface area contributed by atoms with Crippen molar-refractivity contribution in [3.8, 4) is 0 Å². The molecule has 0 radical (unpaired) electrons. The molecule has 0 fully saturated rings. The molecule has 0 heterocycles. The molecule has 0 rings (SSSR count). The van der Waals surface area contributed by atoms with Gasteiger partial charge >= 0.3 is 0 Å². The van der Waals surface area contributed by atoms with Gasteiger partial charge < -0.3 is 0 Å². The third-order valence-electron chi connectivity index (χ3n) is 4.07. The van der Waals surface area contributed by atoms with Crippen LogP contribution in [0.15, 0.2) is 0 Å². The lowest BCUT2D eigenvalue weighted by Crippen LogP contribution is -2.10. The van der Waals surface area contributed by atoms with E-state index in [0.29, 0.717) is 0 Å². The minimum absolute atomic E-state index is 0.869. The van der Waals surface area contributed by atoms with E-state index in [-0.39, 0.29) is 0 Å². The Labute approximate surface area is 104 Å². The number of hydrogen-bond donors (Lipinski definition) is 0. The van der Waals surface area contributed by atoms with Gasteiger partial charge in [-0.2, -0.15) is 0 Å². The normalized spacial score (nSPS) is 17.4. The van der Waals surface area contributed by atoms with Crippen molar-refractivity contribution in [3.63, 3.8) is 0 Å². The third-order valence-corrected chi connectivity index (χ3v) is 4.07. The molecule has 0 saturated carbocycles. The van der Waals surface area contributed by atoms with Gasteiger partial charge in [-0.3, -0.25) is 0 Å². The molecule has 0 amide bonds. The monoisotopic (exact) mass is 226 g/mol. The smallest absolute Gasteiger partial charge is 0.0417 e. The molecule has 0 bridgehead atoms. The van der Waals surface area contributed by atoms with Crippen LogP contribution in [0.4, 0.5) is 0 Å². The van der Waals surface area contributed by atoms with Gasteiger partial charge in [0, 0.05) is 0 Å². The summed E-state index contributed by atoms with van der Waals surface area (Å²) >= 11 is 0. The molecular formula is C16H34. The van der Waals surface area contributed by atoms with E-state index in [1.807, 2.05) is 0 Å². The summed E-state index contributed by atoms with van der Waals surface area (Å²) in [7, 11) is 0. The Morgan fingerprint density at radius 3 is 1.56 bits per heavy atom. The van der Waals surface area contributed by atoms with E-state index in [2.05, 4.69) is 41.5 Å². The topological polar surface area (TPSA) is 0 Å². The highest BCUT2D eigenvalue weighted by Crippen LogP contribution is 2.25. The zero-order valence-corrected chi connectivity index (χ0v) is 12.6. The SMILES string of the molecule is CCCC(C)CCC(C)C(C)CCC(C)C. The van der Waals surface area contributed by atoms with Gasteiger partial charge in [0.25, 0.3) is 0 Å². The van der Waals surface area contributed by atoms with Gasteiger partial charge in [-0.25, -0.2) is 0 Å². The van der Waals surface area contributed by atoms with Gasteiger partial charge in [0.1, 0.15) is 0 Å². The fourth-order valence-corrected chi connectivity index (χ4v) is 2.35. The maximum Gasteiger partial charge on any atom is -0.0417 e. The highest BCUT2D eigenvalue weighted by atomic mass is 14.2. The zero-order valence-electron chi connectivity index (χ0n) is 12.6. The van der Waals surface area contributed by atoms with Crippen LogP contribution in [0, 0.1) is 23.7 Å². The van der Waals surface area contributed by atoms with E-state index in [9.17, 15) is 0 Å². The van der Waals surface area contributed by atoms with Crippen LogP contribution in [-0.4, -0.2) is 0 Å². The zero-order chi connectivity index (χ0) is 12.6. The van der Waals surface area contributed by atoms with Gasteiger partial charge in [-0.05, 0) is 23.7 Å². The van der Waals surface area contributed by atoms with Crippen LogP contribution in [0.2, 0.25) is 0 Å². The van der Waals surface area contributed by atoms with Crippen LogP contribution >= 0.6 is 0 Å². The van der Waals surface area contributed by atoms with Crippen molar-refractivity contribution in [2.24, 2.45) is 23.7 Å². The second kappa shape index (κ2) is 9.07. The number of hydrogen-bond acceptors (Lipinski definition) is 0. The lowest BCUT2D eigenvalue weighted by atomic mass is 9.84. The average molecular weight is 226 g/mol. The van der Waals surface area contributed by atoms with E-state index in [1.165, 1.54) is 38.5 Å². The molecular weight excluding hydrogens is 192 g/mol. The summed E-state index contributed by atoms with van der Waals surface area (Å²) in [6.45, 7) is 14.3. The standard InChI is InChI=1S/C16H34/c1-7-8-14(4)10-12-16(6)15(5)11-9-13(2)3/h13-16H,7-12H2,1-6H3. The molecule has 3 unspecified atom stereocenters. The van der Waals surface area contributed by atoms with Crippen molar-refractivity contribution in [3.05, 3.63) is 0 Å². The summed E-state index contributed by atoms with van der Waals surface area (Å²) in [5, 5.41) is 0. The predicted octanol–water partition coefficient (Wildman–Crippen LogP) is 5.91. The first-order chi connectivity index (χ1) is 7.47. The van der Waals surface area contributed by atoms with Gasteiger partial charge in [0.2, 0.25) is 0 Å². The Bertz CT molecular complexity index is 148. The molecule has 98 valence electrons. The lowest BCUT2D eigenvalue weighted by Gasteiger charge is -2.22. The molecule has 0 saturated heterocycles. The average Bonchev–Trinajstić information content (AvgIpc) is 2.22. The molecule has 0 aliphatic rings. The highest BCUT2D eigenvalue weighted by Gasteiger charge is 2.13. The first-order valence-corrected chi connectivity index (χ1v) is 7.47. The summed E-state index contributed by atoms with van der Waals surface area (Å²) in [4.78, 5) is 0. The second-order valence-electron chi connectivity index (χ2n) is 6.40. The summed E-state index contributed by atoms with van der Waals surface area (Å²) < 4.78 is 0. The van der Waals surface area contributed by atoms with Gasteiger partial charge in [0.15, 0.2) is 0 Å². The van der Waals surface area contributed by atoms with E-state index >= 15 is 0 Å². The molecule has 0 aromatic carbocycles. The second-order valence-corrected chi connectivity index (χ2v) is 6.40. The van der Waals surface area contributed by atoms with Crippen LogP contribution in [-0.2, 0) is 0 Å². The molecule has 0 nitrogen and oxygen atoms in total. The van der Waals surface area contributed by atoms with Crippen molar-refractivity contribution in [1.29, 1.82) is 0 Å². The molecule has 0 aliphatic carbocycles. The molecule has 0 N–H and O–H groups in total. The molecule has 3 atom stereocenters. The Kier molecular flexibility index (Phi) is 9.07. The van der Waals surface area contributed by atoms with Crippen molar-refractivity contribution in [2.45, 2.75) is 80.1 Å². The van der Waals surface area contributed by atoms with Crippen LogP contribution in [0.1, 0.15) is 80.1 Å². The van der Waals surface area contributed by atoms with E-state index in [4.69, 9.17) is 0 Å². The molecule has 0 aromatic heterocycles. The summed E-state index contributed by atoms with van der Waals surface area (Å²) in [6.07, 6.45) is 8.43. The van der Waals surface area contributed by atoms with Crippen LogP contribution in [0.25, 0.3) is 0 Å². The van der Waals surface area contributed by atoms with Gasteiger partial charge in [-0.1, -0.05) is 80.1 Å². The predicted molar refractivity (Wildman–Crippen MR) is 75.7 cm³/mol. The van der Waals surface area contributed by atoms with Crippen LogP contribution in [0.5, 0.6) is 0 Å². The lowest BCUT2D eigenvalue weighted by molar-refractivity contribution is 0.296. The van der Waals surface area contributed by atoms with Gasteiger partial charge in [0.05, 0.1) is 0 Å². The Hall–Kier alpha value is 0. The van der Waals surface area contributed by atoms with Crippen LogP contribution < -0.4 is 0 Å². The maximum absolute atomic E-state index is 2.45. The molecule has 0 spiro atoms. The first kappa shape index (κ1) is 16.0. The maximum atomic E-state index is 2.45. The van der Waals surface area contributed by atoms with E-state index in [0.717, 1.165) is 23.7 Å². The van der Waals surface area contributed by atoms with Crippen molar-refractivity contribution in [1.82, 2.24) is 0 Å². The fourth-order valence-electron chi connectivity index (χ4n) is 2.35. The van der Waals surface area contributed by atoms with Gasteiger partial charge in [-0.15, -0.1) is 0 Å². The molecule has 16 heavy (non-hydrogen) atoms.